The molecule has 0 saturated carbocycles. The zero-order valence-corrected chi connectivity index (χ0v) is 12.8. The summed E-state index contributed by atoms with van der Waals surface area (Å²) in [6.07, 6.45) is 3.07. The van der Waals surface area contributed by atoms with Crippen LogP contribution in [0.25, 0.3) is 0 Å². The first kappa shape index (κ1) is 14.8. The number of amides is 1. The Morgan fingerprint density at radius 2 is 1.82 bits per heavy atom. The van der Waals surface area contributed by atoms with Crippen molar-refractivity contribution in [2.24, 2.45) is 0 Å². The van der Waals surface area contributed by atoms with E-state index in [0.29, 0.717) is 6.54 Å². The average Bonchev–Trinajstić information content (AvgIpc) is 2.99. The molecule has 114 valence electrons. The van der Waals surface area contributed by atoms with Gasteiger partial charge in [-0.3, -0.25) is 4.79 Å². The molecule has 0 aromatic heterocycles. The van der Waals surface area contributed by atoms with Crippen LogP contribution in [-0.2, 0) is 17.6 Å². The van der Waals surface area contributed by atoms with Crippen LogP contribution >= 0.6 is 0 Å². The highest BCUT2D eigenvalue weighted by Crippen LogP contribution is 2.27. The second-order valence-corrected chi connectivity index (χ2v) is 5.69. The molecule has 0 radical (unpaired) electrons. The molecule has 1 aliphatic heterocycles. The first-order valence-electron chi connectivity index (χ1n) is 7.97. The molecule has 1 N–H and O–H groups in total. The van der Waals surface area contributed by atoms with Gasteiger partial charge in [0.1, 0.15) is 0 Å². The van der Waals surface area contributed by atoms with Gasteiger partial charge in [-0.15, -0.1) is 0 Å². The summed E-state index contributed by atoms with van der Waals surface area (Å²) in [4.78, 5) is 14.2. The number of hydrogen-bond donors (Lipinski definition) is 1. The number of carbonyl (C=O) groups is 1. The minimum atomic E-state index is 0.171. The van der Waals surface area contributed by atoms with Crippen molar-refractivity contribution in [2.75, 3.05) is 24.5 Å². The Morgan fingerprint density at radius 1 is 1.05 bits per heavy atom. The Balaban J connectivity index is 1.40. The van der Waals surface area contributed by atoms with E-state index in [1.54, 1.807) is 0 Å². The molecular weight excluding hydrogens is 272 g/mol. The van der Waals surface area contributed by atoms with Crippen LogP contribution in [0, 0.1) is 0 Å². The van der Waals surface area contributed by atoms with Crippen LogP contribution in [0.4, 0.5) is 5.69 Å². The lowest BCUT2D eigenvalue weighted by atomic mass is 10.1. The van der Waals surface area contributed by atoms with Crippen LogP contribution in [-0.4, -0.2) is 25.5 Å². The predicted octanol–water partition coefficient (Wildman–Crippen LogP) is 2.80. The summed E-state index contributed by atoms with van der Waals surface area (Å²) in [5, 5.41) is 3.27. The van der Waals surface area contributed by atoms with E-state index in [0.717, 1.165) is 38.0 Å². The van der Waals surface area contributed by atoms with Gasteiger partial charge in [-0.1, -0.05) is 48.5 Å². The smallest absolute Gasteiger partial charge is 0.240 e. The molecule has 22 heavy (non-hydrogen) atoms. The minimum absolute atomic E-state index is 0.171. The summed E-state index contributed by atoms with van der Waals surface area (Å²) in [6, 6.07) is 18.6. The second kappa shape index (κ2) is 7.23. The maximum atomic E-state index is 12.3. The minimum Gasteiger partial charge on any atom is -0.311 e. The lowest BCUT2D eigenvalue weighted by Crippen LogP contribution is -2.37. The van der Waals surface area contributed by atoms with Crippen LogP contribution < -0.4 is 10.2 Å². The third-order valence-corrected chi connectivity index (χ3v) is 4.13. The zero-order valence-electron chi connectivity index (χ0n) is 12.8. The first-order valence-corrected chi connectivity index (χ1v) is 7.97. The molecule has 1 heterocycles. The van der Waals surface area contributed by atoms with Gasteiger partial charge in [0.05, 0.1) is 6.54 Å². The molecule has 3 heteroatoms. The van der Waals surface area contributed by atoms with Crippen molar-refractivity contribution in [1.29, 1.82) is 0 Å². The van der Waals surface area contributed by atoms with Crippen molar-refractivity contribution in [2.45, 2.75) is 19.3 Å². The molecule has 1 aliphatic rings. The fourth-order valence-corrected chi connectivity index (χ4v) is 2.95. The second-order valence-electron chi connectivity index (χ2n) is 5.69. The van der Waals surface area contributed by atoms with Crippen molar-refractivity contribution >= 4 is 11.6 Å². The molecule has 0 unspecified atom stereocenters. The van der Waals surface area contributed by atoms with Crippen molar-refractivity contribution in [3.8, 4) is 0 Å². The normalized spacial score (nSPS) is 13.2. The molecule has 0 spiro atoms. The summed E-state index contributed by atoms with van der Waals surface area (Å²) in [5.41, 5.74) is 3.71. The monoisotopic (exact) mass is 294 g/mol. The van der Waals surface area contributed by atoms with Crippen molar-refractivity contribution in [1.82, 2.24) is 5.32 Å². The molecule has 0 fully saturated rings. The van der Waals surface area contributed by atoms with Gasteiger partial charge in [-0.25, -0.2) is 0 Å². The number of nitrogens with zero attached hydrogens (tertiary/aromatic N) is 1. The summed E-state index contributed by atoms with van der Waals surface area (Å²) in [6.45, 7) is 2.10. The van der Waals surface area contributed by atoms with Crippen molar-refractivity contribution in [3.05, 3.63) is 65.7 Å². The van der Waals surface area contributed by atoms with Crippen molar-refractivity contribution < 1.29 is 4.79 Å². The molecule has 1 amide bonds. The van der Waals surface area contributed by atoms with Gasteiger partial charge in [0.15, 0.2) is 0 Å². The Hall–Kier alpha value is -2.13. The zero-order chi connectivity index (χ0) is 15.2. The van der Waals surface area contributed by atoms with Gasteiger partial charge in [0.2, 0.25) is 5.91 Å². The maximum Gasteiger partial charge on any atom is 0.240 e. The van der Waals surface area contributed by atoms with Crippen molar-refractivity contribution in [3.63, 3.8) is 0 Å². The lowest BCUT2D eigenvalue weighted by molar-refractivity contribution is -0.117. The van der Waals surface area contributed by atoms with Gasteiger partial charge in [0.25, 0.3) is 0 Å². The van der Waals surface area contributed by atoms with Gasteiger partial charge < -0.3 is 10.2 Å². The number of fused-ring (bicyclic) bond motifs is 1. The van der Waals surface area contributed by atoms with E-state index in [1.165, 1.54) is 11.1 Å². The van der Waals surface area contributed by atoms with Crippen LogP contribution in [0.5, 0.6) is 0 Å². The van der Waals surface area contributed by atoms with Crippen LogP contribution in [0.15, 0.2) is 54.6 Å². The largest absolute Gasteiger partial charge is 0.311 e. The maximum absolute atomic E-state index is 12.3. The number of aryl methyl sites for hydroxylation is 1. The SMILES string of the molecule is O=C(CNCCCc1ccccc1)N1CCc2ccccc21. The van der Waals surface area contributed by atoms with E-state index in [2.05, 4.69) is 35.6 Å². The molecule has 0 aliphatic carbocycles. The molecule has 3 rings (SSSR count). The fraction of sp³-hybridized carbons (Fsp3) is 0.316. The Labute approximate surface area is 132 Å². The van der Waals surface area contributed by atoms with Gasteiger partial charge >= 0.3 is 0 Å². The van der Waals surface area contributed by atoms with E-state index >= 15 is 0 Å². The molecule has 2 aromatic rings. The lowest BCUT2D eigenvalue weighted by Gasteiger charge is -2.17. The number of para-hydroxylation sites is 1. The highest BCUT2D eigenvalue weighted by Gasteiger charge is 2.23. The third-order valence-electron chi connectivity index (χ3n) is 4.13. The van der Waals surface area contributed by atoms with Gasteiger partial charge in [-0.05, 0) is 43.0 Å². The predicted molar refractivity (Wildman–Crippen MR) is 90.1 cm³/mol. The first-order chi connectivity index (χ1) is 10.8. The van der Waals surface area contributed by atoms with E-state index in [-0.39, 0.29) is 5.91 Å². The molecule has 0 atom stereocenters. The molecule has 0 bridgehead atoms. The number of carbonyl (C=O) groups excluding carboxylic acids is 1. The number of anilines is 1. The van der Waals surface area contributed by atoms with Crippen LogP contribution in [0.2, 0.25) is 0 Å². The summed E-state index contributed by atoms with van der Waals surface area (Å²) in [7, 11) is 0. The van der Waals surface area contributed by atoms with E-state index in [9.17, 15) is 4.79 Å². The summed E-state index contributed by atoms with van der Waals surface area (Å²) in [5.74, 6) is 0.171. The van der Waals surface area contributed by atoms with Gasteiger partial charge in [-0.2, -0.15) is 0 Å². The van der Waals surface area contributed by atoms with E-state index < -0.39 is 0 Å². The van der Waals surface area contributed by atoms with E-state index in [4.69, 9.17) is 0 Å². The standard InChI is InChI=1S/C19H22N2O/c22-19(21-14-12-17-10-4-5-11-18(17)21)15-20-13-6-9-16-7-2-1-3-8-16/h1-5,7-8,10-11,20H,6,9,12-15H2. The Bertz CT molecular complexity index is 624. The Morgan fingerprint density at radius 3 is 2.68 bits per heavy atom. The molecule has 2 aromatic carbocycles. The summed E-state index contributed by atoms with van der Waals surface area (Å²) >= 11 is 0. The highest BCUT2D eigenvalue weighted by molar-refractivity contribution is 5.96. The van der Waals surface area contributed by atoms with Crippen LogP contribution in [0.3, 0.4) is 0 Å². The number of nitrogens with one attached hydrogen (secondary N) is 1. The average molecular weight is 294 g/mol. The van der Waals surface area contributed by atoms with E-state index in [1.807, 2.05) is 29.2 Å². The highest BCUT2D eigenvalue weighted by atomic mass is 16.2. The summed E-state index contributed by atoms with van der Waals surface area (Å²) < 4.78 is 0. The number of benzene rings is 2. The molecule has 0 saturated heterocycles. The van der Waals surface area contributed by atoms with Gasteiger partial charge in [0, 0.05) is 12.2 Å². The number of rotatable bonds is 6. The molecular formula is C19H22N2O. The van der Waals surface area contributed by atoms with Crippen LogP contribution in [0.1, 0.15) is 17.5 Å². The Kier molecular flexibility index (Phi) is 4.86. The number of hydrogen-bond acceptors (Lipinski definition) is 2. The quantitative estimate of drug-likeness (QED) is 0.831. The fourth-order valence-electron chi connectivity index (χ4n) is 2.95. The third kappa shape index (κ3) is 3.55. The topological polar surface area (TPSA) is 32.3 Å². The molecule has 3 nitrogen and oxygen atoms in total.